The Balaban J connectivity index is 0.000000202. The fraction of sp³-hybridized carbons (Fsp3) is 0.203. The molecule has 0 saturated heterocycles. The summed E-state index contributed by atoms with van der Waals surface area (Å²) in [6, 6.07) is 59.8. The van der Waals surface area contributed by atoms with Crippen LogP contribution in [0, 0.1) is 27.0 Å². The van der Waals surface area contributed by atoms with Gasteiger partial charge in [0.05, 0.1) is 32.4 Å². The highest BCUT2D eigenvalue weighted by Gasteiger charge is 2.20. The van der Waals surface area contributed by atoms with E-state index in [9.17, 15) is 0 Å². The van der Waals surface area contributed by atoms with E-state index in [1.165, 1.54) is 33.4 Å². The minimum absolute atomic E-state index is 0.335. The Labute approximate surface area is 442 Å². The van der Waals surface area contributed by atoms with Crippen molar-refractivity contribution in [1.29, 1.82) is 0 Å². The van der Waals surface area contributed by atoms with E-state index in [0.29, 0.717) is 60.8 Å². The van der Waals surface area contributed by atoms with Gasteiger partial charge < -0.3 is 39.6 Å². The zero-order chi connectivity index (χ0) is 52.8. The average molecular weight is 997 g/mol. The highest BCUT2D eigenvalue weighted by Crippen LogP contribution is 2.34. The summed E-state index contributed by atoms with van der Waals surface area (Å²) < 4.78 is 30.1. The van der Waals surface area contributed by atoms with Crippen molar-refractivity contribution < 1.29 is 23.7 Å². The van der Waals surface area contributed by atoms with Crippen molar-refractivity contribution in [3.05, 3.63) is 244 Å². The molecule has 0 aromatic heterocycles. The quantitative estimate of drug-likeness (QED) is 0.0819. The zero-order valence-electron chi connectivity index (χ0n) is 43.4. The molecule has 1 heterocycles. The molecule has 75 heavy (non-hydrogen) atoms. The monoisotopic (exact) mass is 996 g/mol. The Morgan fingerprint density at radius 2 is 1.05 bits per heavy atom. The molecule has 1 aliphatic rings. The Hall–Kier alpha value is -8.87. The Bertz CT molecular complexity index is 3240. The Kier molecular flexibility index (Phi) is 20.0. The number of likely N-dealkylation sites (N-methyl/N-ethyl adjacent to an activating group) is 2. The van der Waals surface area contributed by atoms with Crippen LogP contribution < -0.4 is 34.7 Å². The number of benzene rings is 8. The molecule has 8 aromatic rings. The summed E-state index contributed by atoms with van der Waals surface area (Å²) in [5.74, 6) is 4.30. The molecule has 1 aliphatic heterocycles. The minimum Gasteiger partial charge on any atom is -0.493 e. The second kappa shape index (κ2) is 27.8. The molecule has 3 N–H and O–H groups in total. The van der Waals surface area contributed by atoms with Crippen LogP contribution in [0.3, 0.4) is 0 Å². The summed E-state index contributed by atoms with van der Waals surface area (Å²) in [7, 11) is 5.54. The maximum Gasteiger partial charge on any atom is 0.187 e. The highest BCUT2D eigenvalue weighted by atomic mass is 16.5. The predicted octanol–water partition coefficient (Wildman–Crippen LogP) is 13.6. The first kappa shape index (κ1) is 53.9. The smallest absolute Gasteiger partial charge is 0.187 e. The second-order valence-electron chi connectivity index (χ2n) is 17.6. The maximum atomic E-state index is 7.27. The topological polar surface area (TPSA) is 109 Å². The Morgan fingerprint density at radius 3 is 1.52 bits per heavy atom. The lowest BCUT2D eigenvalue weighted by Crippen LogP contribution is -2.24. The molecule has 11 nitrogen and oxygen atoms in total. The van der Waals surface area contributed by atoms with Gasteiger partial charge in [0.2, 0.25) is 0 Å². The normalized spacial score (nSPS) is 11.4. The second-order valence-corrected chi connectivity index (χ2v) is 17.6. The van der Waals surface area contributed by atoms with Gasteiger partial charge in [-0.15, -0.1) is 0 Å². The van der Waals surface area contributed by atoms with Crippen LogP contribution in [0.5, 0.6) is 28.7 Å². The molecule has 0 amide bonds. The lowest BCUT2D eigenvalue weighted by atomic mass is 9.97. The van der Waals surface area contributed by atoms with E-state index in [4.69, 9.17) is 42.6 Å². The number of hydrogen-bond acceptors (Lipinski definition) is 9. The molecule has 0 saturated carbocycles. The van der Waals surface area contributed by atoms with Crippen LogP contribution >= 0.6 is 0 Å². The lowest BCUT2D eigenvalue weighted by molar-refractivity contribution is 0.274. The first-order chi connectivity index (χ1) is 36.7. The van der Waals surface area contributed by atoms with Gasteiger partial charge in [0, 0.05) is 38.8 Å². The van der Waals surface area contributed by atoms with Crippen LogP contribution in [0.15, 0.2) is 187 Å². The predicted molar refractivity (Wildman–Crippen MR) is 302 cm³/mol. The van der Waals surface area contributed by atoms with Crippen molar-refractivity contribution in [1.82, 2.24) is 10.2 Å². The van der Waals surface area contributed by atoms with Gasteiger partial charge >= 0.3 is 0 Å². The number of hydrogen-bond donors (Lipinski definition) is 2. The summed E-state index contributed by atoms with van der Waals surface area (Å²) >= 11 is 0. The molecular weight excluding hydrogens is 933 g/mol. The molecule has 0 bridgehead atoms. The third-order valence-corrected chi connectivity index (χ3v) is 12.5. The van der Waals surface area contributed by atoms with E-state index in [-0.39, 0.29) is 0 Å². The van der Waals surface area contributed by atoms with Crippen LogP contribution in [0.4, 0.5) is 11.4 Å². The average Bonchev–Trinajstić information content (AvgIpc) is 3.89. The van der Waals surface area contributed by atoms with Gasteiger partial charge in [-0.25, -0.2) is 9.69 Å². The number of methoxy groups -OCH3 is 1. The van der Waals surface area contributed by atoms with Crippen LogP contribution in [-0.4, -0.2) is 58.1 Å². The molecule has 0 radical (unpaired) electrons. The van der Waals surface area contributed by atoms with Crippen LogP contribution in [0.1, 0.15) is 38.9 Å². The van der Waals surface area contributed by atoms with Gasteiger partial charge in [-0.2, -0.15) is 0 Å². The van der Waals surface area contributed by atoms with Crippen molar-refractivity contribution in [2.75, 3.05) is 47.4 Å². The van der Waals surface area contributed by atoms with E-state index >= 15 is 0 Å². The first-order valence-corrected chi connectivity index (χ1v) is 24.9. The fourth-order valence-electron chi connectivity index (χ4n) is 8.34. The lowest BCUT2D eigenvalue weighted by Gasteiger charge is -2.19. The number of nitrogens with two attached hydrogens (primary N) is 1. The van der Waals surface area contributed by atoms with Crippen molar-refractivity contribution >= 4 is 17.2 Å². The summed E-state index contributed by atoms with van der Waals surface area (Å²) in [4.78, 5) is 13.8. The number of nitrogens with one attached hydrogen (secondary N) is 1. The molecule has 11 heteroatoms. The van der Waals surface area contributed by atoms with Crippen LogP contribution in [0.2, 0.25) is 0 Å². The fourth-order valence-corrected chi connectivity index (χ4v) is 8.34. The molecule has 9 rings (SSSR count). The van der Waals surface area contributed by atoms with Crippen LogP contribution in [0.25, 0.3) is 31.9 Å². The number of aliphatic imine (C=N–C) groups is 1. The number of nitrogens with zero attached hydrogens (tertiary/aromatic N) is 4. The van der Waals surface area contributed by atoms with Gasteiger partial charge in [0.1, 0.15) is 49.5 Å². The summed E-state index contributed by atoms with van der Waals surface area (Å²) in [5, 5.41) is 2.89. The van der Waals surface area contributed by atoms with Crippen molar-refractivity contribution in [2.45, 2.75) is 40.3 Å². The molecular formula is C64H64N6O5. The van der Waals surface area contributed by atoms with Gasteiger partial charge in [-0.05, 0) is 113 Å². The molecule has 0 fully saturated rings. The van der Waals surface area contributed by atoms with Gasteiger partial charge in [-0.3, -0.25) is 4.99 Å². The van der Waals surface area contributed by atoms with E-state index in [2.05, 4.69) is 124 Å². The SMILES string of the molecule is CNCCN.[C-]#[N+]c1cccc(COc2cc(OCc3cccc(-c4ccccc4)c3C)ccc2C2=NCCN2C)c1.[C-]#[N+]c1cccc(COc2cc(OCc3cccc(-c4ccccc4)c3C)ccc2OC)c1. The third kappa shape index (κ3) is 15.1. The summed E-state index contributed by atoms with van der Waals surface area (Å²) in [6.45, 7) is 23.6. The molecule has 0 unspecified atom stereocenters. The molecule has 0 atom stereocenters. The highest BCUT2D eigenvalue weighted by molar-refractivity contribution is 6.02. The third-order valence-electron chi connectivity index (χ3n) is 12.5. The van der Waals surface area contributed by atoms with E-state index in [0.717, 1.165) is 65.6 Å². The minimum atomic E-state index is 0.335. The van der Waals surface area contributed by atoms with E-state index in [1.807, 2.05) is 99.0 Å². The Morgan fingerprint density at radius 1 is 0.547 bits per heavy atom. The maximum absolute atomic E-state index is 7.27. The van der Waals surface area contributed by atoms with Crippen LogP contribution in [-0.2, 0) is 26.4 Å². The molecule has 0 spiro atoms. The van der Waals surface area contributed by atoms with Gasteiger partial charge in [-0.1, -0.05) is 133 Å². The summed E-state index contributed by atoms with van der Waals surface area (Å²) in [6.07, 6.45) is 0. The number of rotatable bonds is 18. The van der Waals surface area contributed by atoms with E-state index < -0.39 is 0 Å². The van der Waals surface area contributed by atoms with Crippen molar-refractivity contribution in [3.8, 4) is 51.0 Å². The van der Waals surface area contributed by atoms with E-state index in [1.54, 1.807) is 19.2 Å². The van der Waals surface area contributed by atoms with Crippen molar-refractivity contribution in [3.63, 3.8) is 0 Å². The molecule has 0 aliphatic carbocycles. The molecule has 380 valence electrons. The summed E-state index contributed by atoms with van der Waals surface area (Å²) in [5.41, 5.74) is 18.6. The first-order valence-electron chi connectivity index (χ1n) is 24.9. The number of ether oxygens (including phenoxy) is 5. The zero-order valence-corrected chi connectivity index (χ0v) is 43.4. The van der Waals surface area contributed by atoms with Gasteiger partial charge in [0.25, 0.3) is 0 Å². The van der Waals surface area contributed by atoms with Crippen molar-refractivity contribution in [2.24, 2.45) is 10.7 Å². The number of amidine groups is 1. The standard InChI is InChI=1S/C32H29N3O2.C29H25NO3.C3H10N2/c1-23-26(12-8-14-29(23)25-10-5-4-6-11-25)22-36-28-15-16-30(32-34-17-18-35(32)3)31(20-28)37-21-24-9-7-13-27(19-24)33-2;1-21-24(12-8-14-27(21)23-10-5-4-6-11-23)20-32-26-15-16-28(31-3)29(18-26)33-19-22-9-7-13-25(17-22)30-2;1-5-3-2-4/h4-16,19-20H,17-18,21-22H2,1,3H3;4-18H,19-20H2,1,3H3;5H,2-4H2,1H3. The van der Waals surface area contributed by atoms with Gasteiger partial charge in [0.15, 0.2) is 22.9 Å². The molecule has 8 aromatic carbocycles. The largest absolute Gasteiger partial charge is 0.493 e.